The highest BCUT2D eigenvalue weighted by atomic mass is 35.5. The van der Waals surface area contributed by atoms with E-state index >= 15 is 0 Å². The van der Waals surface area contributed by atoms with Crippen LogP contribution in [-0.4, -0.2) is 31.1 Å². The van der Waals surface area contributed by atoms with Gasteiger partial charge in [0, 0.05) is 12.0 Å². The maximum absolute atomic E-state index is 7.04. The molecule has 6 fully saturated rings. The lowest BCUT2D eigenvalue weighted by Crippen LogP contribution is -2.56. The standard InChI is InChI=1S/C26H37NO.ClH/c1-3-7-24(8-4-1)26(17-23(19-28-26)18-27-9-5-2-6-10-27)25-14-20-11-21(15-25)13-22(12-20)16-25;/h1,3-4,7-8,20-23H,2,5-6,9-19H2;1H. The second kappa shape index (κ2) is 7.84. The maximum Gasteiger partial charge on any atom is 0.0991 e. The van der Waals surface area contributed by atoms with Crippen molar-refractivity contribution in [3.63, 3.8) is 0 Å². The van der Waals surface area contributed by atoms with Crippen molar-refractivity contribution in [2.24, 2.45) is 29.1 Å². The molecule has 4 saturated carbocycles. The molecule has 2 atom stereocenters. The minimum absolute atomic E-state index is 0. The Hall–Kier alpha value is -0.570. The van der Waals surface area contributed by atoms with Gasteiger partial charge in [0.2, 0.25) is 0 Å². The second-order valence-corrected chi connectivity index (χ2v) is 11.1. The number of benzene rings is 1. The van der Waals surface area contributed by atoms with Crippen molar-refractivity contribution in [2.75, 3.05) is 26.2 Å². The molecule has 0 radical (unpaired) electrons. The minimum atomic E-state index is -0.00920. The molecule has 0 amide bonds. The summed E-state index contributed by atoms with van der Waals surface area (Å²) < 4.78 is 7.04. The third-order valence-corrected chi connectivity index (χ3v) is 9.24. The van der Waals surface area contributed by atoms with Gasteiger partial charge in [-0.3, -0.25) is 0 Å². The zero-order valence-corrected chi connectivity index (χ0v) is 18.7. The predicted octanol–water partition coefficient (Wildman–Crippen LogP) is 6.04. The summed E-state index contributed by atoms with van der Waals surface area (Å²) in [6.07, 6.45) is 14.3. The summed E-state index contributed by atoms with van der Waals surface area (Å²) in [5.74, 6) is 3.66. The zero-order valence-electron chi connectivity index (χ0n) is 17.9. The quantitative estimate of drug-likeness (QED) is 0.594. The van der Waals surface area contributed by atoms with Gasteiger partial charge in [-0.2, -0.15) is 0 Å². The van der Waals surface area contributed by atoms with E-state index in [9.17, 15) is 0 Å². The van der Waals surface area contributed by atoms with Crippen LogP contribution in [0.2, 0.25) is 0 Å². The smallest absolute Gasteiger partial charge is 0.0991 e. The molecule has 2 unspecified atom stereocenters. The van der Waals surface area contributed by atoms with Crippen molar-refractivity contribution >= 4 is 12.4 Å². The van der Waals surface area contributed by atoms with Crippen molar-refractivity contribution in [3.05, 3.63) is 35.9 Å². The largest absolute Gasteiger partial charge is 0.369 e. The molecule has 2 saturated heterocycles. The first-order chi connectivity index (χ1) is 13.7. The lowest BCUT2D eigenvalue weighted by Gasteiger charge is -2.62. The molecule has 7 rings (SSSR count). The van der Waals surface area contributed by atoms with E-state index in [-0.39, 0.29) is 18.0 Å². The highest BCUT2D eigenvalue weighted by Crippen LogP contribution is 2.69. The summed E-state index contributed by atoms with van der Waals surface area (Å²) in [5, 5.41) is 0. The van der Waals surface area contributed by atoms with E-state index in [0.717, 1.165) is 24.4 Å². The van der Waals surface area contributed by atoms with Crippen LogP contribution >= 0.6 is 12.4 Å². The first-order valence-electron chi connectivity index (χ1n) is 12.2. The third kappa shape index (κ3) is 3.38. The van der Waals surface area contributed by atoms with E-state index in [1.165, 1.54) is 89.4 Å². The van der Waals surface area contributed by atoms with Gasteiger partial charge >= 0.3 is 0 Å². The Labute approximate surface area is 183 Å². The number of piperidine rings is 1. The van der Waals surface area contributed by atoms with Crippen LogP contribution in [0.15, 0.2) is 30.3 Å². The molecule has 1 aromatic carbocycles. The van der Waals surface area contributed by atoms with Gasteiger partial charge in [-0.25, -0.2) is 0 Å². The van der Waals surface area contributed by atoms with Gasteiger partial charge in [0.15, 0.2) is 0 Å². The van der Waals surface area contributed by atoms with Crippen molar-refractivity contribution < 1.29 is 4.74 Å². The predicted molar refractivity (Wildman–Crippen MR) is 120 cm³/mol. The fourth-order valence-corrected chi connectivity index (χ4v) is 8.60. The molecule has 4 bridgehead atoms. The molecule has 0 aromatic heterocycles. The molecule has 2 heterocycles. The van der Waals surface area contributed by atoms with Crippen LogP contribution in [0, 0.1) is 29.1 Å². The van der Waals surface area contributed by atoms with Crippen molar-refractivity contribution in [3.8, 4) is 0 Å². The summed E-state index contributed by atoms with van der Waals surface area (Å²) in [4.78, 5) is 2.73. The van der Waals surface area contributed by atoms with Gasteiger partial charge in [-0.05, 0) is 100 Å². The summed E-state index contributed by atoms with van der Waals surface area (Å²) in [6.45, 7) is 4.87. The SMILES string of the molecule is Cl.c1ccc(C2(C34CC5CC(CC(C5)C3)C4)CC(CN3CCCCC3)CO2)cc1. The average molecular weight is 416 g/mol. The van der Waals surface area contributed by atoms with E-state index in [4.69, 9.17) is 4.74 Å². The van der Waals surface area contributed by atoms with E-state index < -0.39 is 0 Å². The number of likely N-dealkylation sites (tertiary alicyclic amines) is 1. The van der Waals surface area contributed by atoms with Crippen LogP contribution in [-0.2, 0) is 10.3 Å². The molecule has 2 aliphatic heterocycles. The van der Waals surface area contributed by atoms with E-state index in [0.29, 0.717) is 11.3 Å². The number of hydrogen-bond donors (Lipinski definition) is 0. The normalized spacial score (nSPS) is 44.0. The Morgan fingerprint density at radius 3 is 2.07 bits per heavy atom. The number of halogens is 1. The molecule has 6 aliphatic rings. The van der Waals surface area contributed by atoms with Crippen molar-refractivity contribution in [2.45, 2.75) is 69.8 Å². The molecule has 2 nitrogen and oxygen atoms in total. The topological polar surface area (TPSA) is 12.5 Å². The fraction of sp³-hybridized carbons (Fsp3) is 0.769. The van der Waals surface area contributed by atoms with Crippen LogP contribution in [0.4, 0.5) is 0 Å². The summed E-state index contributed by atoms with van der Waals surface area (Å²) in [5.41, 5.74) is 1.91. The zero-order chi connectivity index (χ0) is 18.6. The third-order valence-electron chi connectivity index (χ3n) is 9.24. The Kier molecular flexibility index (Phi) is 5.50. The molecule has 160 valence electrons. The molecule has 3 heteroatoms. The lowest BCUT2D eigenvalue weighted by atomic mass is 9.44. The molecule has 29 heavy (non-hydrogen) atoms. The molecular weight excluding hydrogens is 378 g/mol. The molecule has 0 N–H and O–H groups in total. The molecule has 1 aromatic rings. The molecule has 0 spiro atoms. The highest BCUT2D eigenvalue weighted by Gasteiger charge is 2.63. The van der Waals surface area contributed by atoms with Crippen LogP contribution in [0.3, 0.4) is 0 Å². The van der Waals surface area contributed by atoms with Gasteiger partial charge in [-0.15, -0.1) is 12.4 Å². The van der Waals surface area contributed by atoms with E-state index in [2.05, 4.69) is 35.2 Å². The minimum Gasteiger partial charge on any atom is -0.369 e. The summed E-state index contributed by atoms with van der Waals surface area (Å²) >= 11 is 0. The van der Waals surface area contributed by atoms with Gasteiger partial charge in [0.25, 0.3) is 0 Å². The Morgan fingerprint density at radius 1 is 0.828 bits per heavy atom. The fourth-order valence-electron chi connectivity index (χ4n) is 8.60. The van der Waals surface area contributed by atoms with E-state index in [1.807, 2.05) is 0 Å². The van der Waals surface area contributed by atoms with Gasteiger partial charge < -0.3 is 9.64 Å². The maximum atomic E-state index is 7.04. The van der Waals surface area contributed by atoms with E-state index in [1.54, 1.807) is 0 Å². The molecular formula is C26H38ClNO. The Bertz CT molecular complexity index is 665. The van der Waals surface area contributed by atoms with Gasteiger partial charge in [0.1, 0.15) is 0 Å². The number of ether oxygens (including phenoxy) is 1. The summed E-state index contributed by atoms with van der Waals surface area (Å²) in [6, 6.07) is 11.5. The van der Waals surface area contributed by atoms with Crippen LogP contribution in [0.25, 0.3) is 0 Å². The number of rotatable bonds is 4. The number of hydrogen-bond acceptors (Lipinski definition) is 2. The average Bonchev–Trinajstić information content (AvgIpc) is 3.14. The van der Waals surface area contributed by atoms with Gasteiger partial charge in [-0.1, -0.05) is 36.8 Å². The van der Waals surface area contributed by atoms with Crippen LogP contribution in [0.5, 0.6) is 0 Å². The van der Waals surface area contributed by atoms with Crippen LogP contribution < -0.4 is 0 Å². The van der Waals surface area contributed by atoms with Crippen LogP contribution in [0.1, 0.15) is 69.8 Å². The first-order valence-corrected chi connectivity index (χ1v) is 12.2. The number of nitrogens with zero attached hydrogens (tertiary/aromatic N) is 1. The Balaban J connectivity index is 0.00000181. The highest BCUT2D eigenvalue weighted by molar-refractivity contribution is 5.85. The van der Waals surface area contributed by atoms with Gasteiger partial charge in [0.05, 0.1) is 12.2 Å². The van der Waals surface area contributed by atoms with Crippen molar-refractivity contribution in [1.82, 2.24) is 4.90 Å². The Morgan fingerprint density at radius 2 is 1.45 bits per heavy atom. The second-order valence-electron chi connectivity index (χ2n) is 11.1. The lowest BCUT2D eigenvalue weighted by molar-refractivity contribution is -0.190. The first kappa shape index (κ1) is 20.3. The molecule has 4 aliphatic carbocycles. The van der Waals surface area contributed by atoms with Crippen molar-refractivity contribution in [1.29, 1.82) is 0 Å². The monoisotopic (exact) mass is 415 g/mol. The summed E-state index contributed by atoms with van der Waals surface area (Å²) in [7, 11) is 0.